The van der Waals surface area contributed by atoms with Gasteiger partial charge in [0.15, 0.2) is 0 Å². The molecule has 0 aromatic rings. The second kappa shape index (κ2) is 10.3. The van der Waals surface area contributed by atoms with Gasteiger partial charge >= 0.3 is 52.5 Å². The van der Waals surface area contributed by atoms with Crippen LogP contribution in [-0.2, 0) is 37.3 Å². The summed E-state index contributed by atoms with van der Waals surface area (Å²) in [4.78, 5) is 91.9. The highest BCUT2D eigenvalue weighted by atomic mass is 31.2. The Bertz CT molecular complexity index is 868. The van der Waals surface area contributed by atoms with E-state index in [0.717, 1.165) is 0 Å². The van der Waals surface area contributed by atoms with Crippen LogP contribution in [0.15, 0.2) is 24.8 Å². The van der Waals surface area contributed by atoms with Gasteiger partial charge in [-0.25, -0.2) is 9.59 Å². The van der Waals surface area contributed by atoms with E-state index in [1.165, 1.54) is 6.92 Å². The number of carbonyl (C=O) groups excluding carboxylic acids is 2. The minimum absolute atomic E-state index is 0.242. The van der Waals surface area contributed by atoms with Crippen molar-refractivity contribution in [3.63, 3.8) is 0 Å². The fraction of sp³-hybridized carbons (Fsp3) is 0.455. The zero-order valence-corrected chi connectivity index (χ0v) is 19.7. The van der Waals surface area contributed by atoms with E-state index in [4.69, 9.17) is 39.1 Å². The molecule has 0 amide bonds. The van der Waals surface area contributed by atoms with Crippen LogP contribution in [0.5, 0.6) is 0 Å². The maximum Gasteiger partial charge on any atom is 0.381 e. The van der Waals surface area contributed by atoms with Gasteiger partial charge in [-0.05, 0) is 20.8 Å². The van der Waals surface area contributed by atoms with E-state index in [1.54, 1.807) is 0 Å². The van der Waals surface area contributed by atoms with Gasteiger partial charge in [-0.1, -0.05) is 13.2 Å². The lowest BCUT2D eigenvalue weighted by molar-refractivity contribution is -0.144. The third kappa shape index (κ3) is 8.14. The fourth-order valence-corrected chi connectivity index (χ4v) is 4.61. The molecule has 0 saturated carbocycles. The molecule has 0 aliphatic carbocycles. The van der Waals surface area contributed by atoms with Crippen LogP contribution in [0.3, 0.4) is 0 Å². The average molecular weight is 534 g/mol. The standard InChI is InChI=1S/C6H12O8P2.C5H10O8P2/c1-4(2)5(7)14-6(3,15(8,9)10)16(11,12)13;1-3-4(6)13-5(2,14(7,8)9)15(10,11)12/h1H2,2-3H3,(H2,8,9,10)(H2,11,12,13);3H,1H2,2H3,(H2,7,8,9)(H2,10,11,12). The Hall–Kier alpha value is -0.980. The number of carbonyl (C=O) groups is 2. The summed E-state index contributed by atoms with van der Waals surface area (Å²) >= 11 is 0. The molecule has 0 rings (SSSR count). The van der Waals surface area contributed by atoms with Crippen LogP contribution in [0.25, 0.3) is 0 Å². The van der Waals surface area contributed by atoms with Gasteiger partial charge in [0.2, 0.25) is 0 Å². The van der Waals surface area contributed by atoms with E-state index in [-0.39, 0.29) is 5.57 Å². The van der Waals surface area contributed by atoms with Crippen molar-refractivity contribution in [3.05, 3.63) is 24.8 Å². The molecule has 8 N–H and O–H groups in total. The number of esters is 2. The van der Waals surface area contributed by atoms with Gasteiger partial charge < -0.3 is 48.6 Å². The molecule has 0 aliphatic heterocycles. The molecule has 0 aliphatic rings. The third-order valence-electron chi connectivity index (χ3n) is 3.26. The SMILES string of the molecule is C=C(C)C(=O)OC(C)(P(=O)(O)O)P(=O)(O)O.C=CC(=O)OC(C)(P(=O)(O)O)P(=O)(O)O. The van der Waals surface area contributed by atoms with E-state index in [2.05, 4.69) is 22.6 Å². The normalized spacial score (nSPS) is 13.4. The Labute approximate surface area is 175 Å². The van der Waals surface area contributed by atoms with Crippen molar-refractivity contribution in [2.45, 2.75) is 30.9 Å². The Morgan fingerprint density at radius 1 is 0.742 bits per heavy atom. The number of hydrogen-bond acceptors (Lipinski definition) is 8. The highest BCUT2D eigenvalue weighted by molar-refractivity contribution is 7.72. The fourth-order valence-electron chi connectivity index (χ4n) is 1.07. The van der Waals surface area contributed by atoms with Gasteiger partial charge in [-0.2, -0.15) is 0 Å². The molecule has 0 aromatic carbocycles. The Kier molecular flexibility index (Phi) is 10.7. The monoisotopic (exact) mass is 534 g/mol. The van der Waals surface area contributed by atoms with E-state index in [1.807, 2.05) is 0 Å². The predicted octanol–water partition coefficient (Wildman–Crippen LogP) is -0.121. The molecule has 0 spiro atoms. The highest BCUT2D eigenvalue weighted by Gasteiger charge is 2.61. The summed E-state index contributed by atoms with van der Waals surface area (Å²) < 4.78 is 51.8. The molecule has 0 unspecified atom stereocenters. The van der Waals surface area contributed by atoms with Crippen LogP contribution in [0.4, 0.5) is 0 Å². The summed E-state index contributed by atoms with van der Waals surface area (Å²) in [5, 5.41) is -6.39. The zero-order valence-electron chi connectivity index (χ0n) is 16.1. The minimum Gasteiger partial charge on any atom is -0.430 e. The lowest BCUT2D eigenvalue weighted by Gasteiger charge is -2.30. The summed E-state index contributed by atoms with van der Waals surface area (Å²) in [7, 11) is -21.4. The molecule has 0 fully saturated rings. The Morgan fingerprint density at radius 3 is 1.19 bits per heavy atom. The molecular formula is C11H22O16P4. The van der Waals surface area contributed by atoms with Crippen molar-refractivity contribution in [2.75, 3.05) is 0 Å². The van der Waals surface area contributed by atoms with Gasteiger partial charge in [0, 0.05) is 11.6 Å². The van der Waals surface area contributed by atoms with Crippen molar-refractivity contribution in [2.24, 2.45) is 0 Å². The zero-order chi connectivity index (χ0) is 25.9. The molecule has 16 nitrogen and oxygen atoms in total. The van der Waals surface area contributed by atoms with Crippen LogP contribution in [-0.4, -0.2) is 61.3 Å². The number of rotatable bonds is 8. The molecule has 0 bridgehead atoms. The van der Waals surface area contributed by atoms with E-state index in [0.29, 0.717) is 19.9 Å². The van der Waals surface area contributed by atoms with Crippen LogP contribution in [0, 0.1) is 0 Å². The Balaban J connectivity index is 0. The van der Waals surface area contributed by atoms with Crippen molar-refractivity contribution < 1.29 is 76.5 Å². The lowest BCUT2D eigenvalue weighted by atomic mass is 10.4. The summed E-state index contributed by atoms with van der Waals surface area (Å²) in [5.74, 6) is -2.64. The van der Waals surface area contributed by atoms with Crippen LogP contribution < -0.4 is 0 Å². The smallest absolute Gasteiger partial charge is 0.381 e. The second-order valence-electron chi connectivity index (χ2n) is 5.84. The second-order valence-corrected chi connectivity index (χ2v) is 14.3. The molecule has 0 heterocycles. The Morgan fingerprint density at radius 2 is 1.00 bits per heavy atom. The van der Waals surface area contributed by atoms with Gasteiger partial charge in [0.25, 0.3) is 0 Å². The molecule has 20 heteroatoms. The van der Waals surface area contributed by atoms with Crippen molar-refractivity contribution in [3.8, 4) is 0 Å². The lowest BCUT2D eigenvalue weighted by Crippen LogP contribution is -2.31. The molecule has 0 aromatic heterocycles. The first-order chi connectivity index (χ1) is 13.3. The highest BCUT2D eigenvalue weighted by Crippen LogP contribution is 2.70. The summed E-state index contributed by atoms with van der Waals surface area (Å²) in [6.07, 6.45) is 0.531. The quantitative estimate of drug-likeness (QED) is 0.114. The van der Waals surface area contributed by atoms with Crippen LogP contribution >= 0.6 is 30.4 Å². The van der Waals surface area contributed by atoms with Crippen molar-refractivity contribution >= 4 is 42.3 Å². The first-order valence-electron chi connectivity index (χ1n) is 7.25. The van der Waals surface area contributed by atoms with Gasteiger partial charge in [-0.3, -0.25) is 18.3 Å². The predicted molar refractivity (Wildman–Crippen MR) is 102 cm³/mol. The summed E-state index contributed by atoms with van der Waals surface area (Å²) in [6.45, 7) is 8.14. The molecule has 31 heavy (non-hydrogen) atoms. The average Bonchev–Trinajstić information content (AvgIpc) is 2.50. The van der Waals surface area contributed by atoms with Gasteiger partial charge in [-0.15, -0.1) is 0 Å². The van der Waals surface area contributed by atoms with E-state index >= 15 is 0 Å². The molecule has 0 saturated heterocycles. The molecular weight excluding hydrogens is 512 g/mol. The van der Waals surface area contributed by atoms with Gasteiger partial charge in [0.1, 0.15) is 0 Å². The molecule has 0 atom stereocenters. The maximum atomic E-state index is 11.0. The van der Waals surface area contributed by atoms with Crippen molar-refractivity contribution in [1.29, 1.82) is 0 Å². The van der Waals surface area contributed by atoms with Crippen LogP contribution in [0.2, 0.25) is 0 Å². The van der Waals surface area contributed by atoms with E-state index in [9.17, 15) is 27.8 Å². The minimum atomic E-state index is -5.35. The maximum absolute atomic E-state index is 11.0. The topological polar surface area (TPSA) is 283 Å². The third-order valence-corrected chi connectivity index (χ3v) is 11.1. The largest absolute Gasteiger partial charge is 0.430 e. The first-order valence-corrected chi connectivity index (χ1v) is 13.7. The van der Waals surface area contributed by atoms with Gasteiger partial charge in [0.05, 0.1) is 0 Å². The summed E-state index contributed by atoms with van der Waals surface area (Å²) in [6, 6.07) is 0. The number of hydrogen-bond donors (Lipinski definition) is 8. The van der Waals surface area contributed by atoms with Crippen molar-refractivity contribution in [1.82, 2.24) is 0 Å². The first kappa shape index (κ1) is 32.2. The molecule has 0 radical (unpaired) electrons. The van der Waals surface area contributed by atoms with E-state index < -0.39 is 52.5 Å². The number of ether oxygens (including phenoxy) is 2. The summed E-state index contributed by atoms with van der Waals surface area (Å²) in [5.41, 5.74) is -0.242. The molecule has 182 valence electrons. The van der Waals surface area contributed by atoms with Crippen LogP contribution in [0.1, 0.15) is 20.8 Å².